The van der Waals surface area contributed by atoms with Crippen molar-refractivity contribution < 1.29 is 4.74 Å². The van der Waals surface area contributed by atoms with Crippen LogP contribution in [0.1, 0.15) is 6.42 Å². The molecule has 1 atom stereocenters. The molecule has 2 rings (SSSR count). The van der Waals surface area contributed by atoms with Gasteiger partial charge in [0.2, 0.25) is 0 Å². The van der Waals surface area contributed by atoms with Crippen LogP contribution in [0, 0.1) is 5.92 Å². The summed E-state index contributed by atoms with van der Waals surface area (Å²) in [6.45, 7) is 2.27. The van der Waals surface area contributed by atoms with E-state index < -0.39 is 0 Å². The summed E-state index contributed by atoms with van der Waals surface area (Å²) in [5, 5.41) is 0. The highest BCUT2D eigenvalue weighted by atomic mass is 16.5. The Balaban J connectivity index is 2.16. The van der Waals surface area contributed by atoms with E-state index in [4.69, 9.17) is 10.5 Å². The highest BCUT2D eigenvalue weighted by Crippen LogP contribution is 2.13. The molecular weight excluding hydrogens is 180 g/mol. The van der Waals surface area contributed by atoms with Crippen molar-refractivity contribution in [3.8, 4) is 0 Å². The van der Waals surface area contributed by atoms with Gasteiger partial charge in [0.15, 0.2) is 0 Å². The van der Waals surface area contributed by atoms with Crippen LogP contribution in [0.15, 0.2) is 23.1 Å². The number of pyridine rings is 1. The van der Waals surface area contributed by atoms with Crippen LogP contribution in [0.2, 0.25) is 0 Å². The van der Waals surface area contributed by atoms with Gasteiger partial charge in [-0.05, 0) is 18.6 Å². The van der Waals surface area contributed by atoms with E-state index in [1.54, 1.807) is 22.9 Å². The lowest BCUT2D eigenvalue weighted by molar-refractivity contribution is 0.182. The number of aromatic nitrogens is 1. The van der Waals surface area contributed by atoms with Gasteiger partial charge >= 0.3 is 0 Å². The first-order chi connectivity index (χ1) is 6.77. The zero-order valence-electron chi connectivity index (χ0n) is 7.98. The van der Waals surface area contributed by atoms with Gasteiger partial charge in [0.05, 0.1) is 12.3 Å². The van der Waals surface area contributed by atoms with Gasteiger partial charge < -0.3 is 15.0 Å². The van der Waals surface area contributed by atoms with E-state index in [9.17, 15) is 4.79 Å². The van der Waals surface area contributed by atoms with E-state index >= 15 is 0 Å². The molecule has 4 heteroatoms. The normalized spacial score (nSPS) is 21.3. The van der Waals surface area contributed by atoms with Crippen molar-refractivity contribution in [1.82, 2.24) is 4.57 Å². The summed E-state index contributed by atoms with van der Waals surface area (Å²) in [4.78, 5) is 11.6. The standard InChI is InChI=1S/C10H14N2O2/c11-9-2-1-4-12(10(9)13)6-8-3-5-14-7-8/h1-2,4,8H,3,5-7,11H2. The van der Waals surface area contributed by atoms with Crippen LogP contribution in [0.4, 0.5) is 5.69 Å². The van der Waals surface area contributed by atoms with Gasteiger partial charge in [0.25, 0.3) is 5.56 Å². The highest BCUT2D eigenvalue weighted by molar-refractivity contribution is 5.33. The third-order valence-electron chi connectivity index (χ3n) is 2.53. The lowest BCUT2D eigenvalue weighted by Crippen LogP contribution is -2.25. The summed E-state index contributed by atoms with van der Waals surface area (Å²) < 4.78 is 6.91. The Bertz CT molecular complexity index is 367. The molecule has 1 aromatic rings. The van der Waals surface area contributed by atoms with E-state index in [2.05, 4.69) is 0 Å². The molecule has 0 aliphatic carbocycles. The first-order valence-corrected chi connectivity index (χ1v) is 4.80. The Labute approximate surface area is 82.3 Å². The maximum absolute atomic E-state index is 11.6. The Kier molecular flexibility index (Phi) is 2.54. The van der Waals surface area contributed by atoms with E-state index in [1.807, 2.05) is 0 Å². The van der Waals surface area contributed by atoms with Crippen LogP contribution < -0.4 is 11.3 Å². The van der Waals surface area contributed by atoms with Crippen molar-refractivity contribution in [3.63, 3.8) is 0 Å². The van der Waals surface area contributed by atoms with Crippen LogP contribution >= 0.6 is 0 Å². The first kappa shape index (κ1) is 9.27. The lowest BCUT2D eigenvalue weighted by Gasteiger charge is -2.10. The Morgan fingerprint density at radius 1 is 1.64 bits per heavy atom. The fraction of sp³-hybridized carbons (Fsp3) is 0.500. The van der Waals surface area contributed by atoms with E-state index in [-0.39, 0.29) is 5.56 Å². The van der Waals surface area contributed by atoms with E-state index in [0.717, 1.165) is 19.6 Å². The molecule has 0 radical (unpaired) electrons. The van der Waals surface area contributed by atoms with Gasteiger partial charge in [-0.1, -0.05) is 0 Å². The van der Waals surface area contributed by atoms with Crippen molar-refractivity contribution in [2.24, 2.45) is 5.92 Å². The monoisotopic (exact) mass is 194 g/mol. The molecule has 0 saturated carbocycles. The average Bonchev–Trinajstić information content (AvgIpc) is 2.66. The molecule has 1 fully saturated rings. The molecule has 1 aliphatic rings. The second-order valence-electron chi connectivity index (χ2n) is 3.65. The summed E-state index contributed by atoms with van der Waals surface area (Å²) in [6.07, 6.45) is 2.80. The average molecular weight is 194 g/mol. The summed E-state index contributed by atoms with van der Waals surface area (Å²) >= 11 is 0. The number of hydrogen-bond acceptors (Lipinski definition) is 3. The minimum atomic E-state index is -0.0978. The van der Waals surface area contributed by atoms with Crippen molar-refractivity contribution in [1.29, 1.82) is 0 Å². The molecule has 0 amide bonds. The molecule has 0 aromatic carbocycles. The molecule has 1 unspecified atom stereocenters. The number of ether oxygens (including phenoxy) is 1. The Morgan fingerprint density at radius 2 is 2.50 bits per heavy atom. The molecule has 2 N–H and O–H groups in total. The molecule has 1 saturated heterocycles. The zero-order valence-corrected chi connectivity index (χ0v) is 7.98. The van der Waals surface area contributed by atoms with Gasteiger partial charge in [-0.3, -0.25) is 4.79 Å². The quantitative estimate of drug-likeness (QED) is 0.744. The predicted octanol–water partition coefficient (Wildman–Crippen LogP) is 0.467. The number of nitrogen functional groups attached to an aromatic ring is 1. The minimum Gasteiger partial charge on any atom is -0.394 e. The second-order valence-corrected chi connectivity index (χ2v) is 3.65. The molecule has 4 nitrogen and oxygen atoms in total. The third-order valence-corrected chi connectivity index (χ3v) is 2.53. The van der Waals surface area contributed by atoms with Crippen molar-refractivity contribution in [2.45, 2.75) is 13.0 Å². The number of hydrogen-bond donors (Lipinski definition) is 1. The van der Waals surface area contributed by atoms with Crippen LogP contribution in [0.5, 0.6) is 0 Å². The van der Waals surface area contributed by atoms with Crippen LogP contribution in [0.25, 0.3) is 0 Å². The largest absolute Gasteiger partial charge is 0.394 e. The van der Waals surface area contributed by atoms with Crippen LogP contribution in [-0.4, -0.2) is 17.8 Å². The summed E-state index contributed by atoms with van der Waals surface area (Å²) in [7, 11) is 0. The summed E-state index contributed by atoms with van der Waals surface area (Å²) in [5.41, 5.74) is 5.74. The SMILES string of the molecule is Nc1cccn(CC2CCOC2)c1=O. The minimum absolute atomic E-state index is 0.0978. The van der Waals surface area contributed by atoms with Gasteiger partial charge in [-0.25, -0.2) is 0 Å². The molecule has 0 bridgehead atoms. The highest BCUT2D eigenvalue weighted by Gasteiger charge is 2.16. The number of anilines is 1. The fourth-order valence-corrected chi connectivity index (χ4v) is 1.70. The van der Waals surface area contributed by atoms with Gasteiger partial charge in [0.1, 0.15) is 0 Å². The molecule has 14 heavy (non-hydrogen) atoms. The molecule has 1 aliphatic heterocycles. The molecule has 1 aromatic heterocycles. The summed E-state index contributed by atoms with van der Waals surface area (Å²) in [5.74, 6) is 0.453. The molecular formula is C10H14N2O2. The van der Waals surface area contributed by atoms with Crippen molar-refractivity contribution in [3.05, 3.63) is 28.7 Å². The summed E-state index contributed by atoms with van der Waals surface area (Å²) in [6, 6.07) is 3.43. The van der Waals surface area contributed by atoms with E-state index in [1.165, 1.54) is 0 Å². The second kappa shape index (κ2) is 3.84. The topological polar surface area (TPSA) is 57.2 Å². The van der Waals surface area contributed by atoms with Crippen molar-refractivity contribution >= 4 is 5.69 Å². The number of nitrogens with zero attached hydrogens (tertiary/aromatic N) is 1. The van der Waals surface area contributed by atoms with E-state index in [0.29, 0.717) is 18.2 Å². The fourth-order valence-electron chi connectivity index (χ4n) is 1.70. The maximum Gasteiger partial charge on any atom is 0.273 e. The van der Waals surface area contributed by atoms with Gasteiger partial charge in [0, 0.05) is 25.3 Å². The lowest BCUT2D eigenvalue weighted by atomic mass is 10.1. The van der Waals surface area contributed by atoms with Gasteiger partial charge in [-0.2, -0.15) is 0 Å². The first-order valence-electron chi connectivity index (χ1n) is 4.80. The molecule has 0 spiro atoms. The molecule has 2 heterocycles. The van der Waals surface area contributed by atoms with Gasteiger partial charge in [-0.15, -0.1) is 0 Å². The maximum atomic E-state index is 11.6. The van der Waals surface area contributed by atoms with Crippen molar-refractivity contribution in [2.75, 3.05) is 18.9 Å². The number of nitrogens with two attached hydrogens (primary N) is 1. The zero-order chi connectivity index (χ0) is 9.97. The third kappa shape index (κ3) is 1.80. The molecule has 76 valence electrons. The Hall–Kier alpha value is -1.29. The predicted molar refractivity (Wildman–Crippen MR) is 54.0 cm³/mol. The smallest absolute Gasteiger partial charge is 0.273 e. The van der Waals surface area contributed by atoms with Crippen LogP contribution in [-0.2, 0) is 11.3 Å². The Morgan fingerprint density at radius 3 is 3.21 bits per heavy atom. The van der Waals surface area contributed by atoms with Crippen LogP contribution in [0.3, 0.4) is 0 Å². The number of rotatable bonds is 2.